The fourth-order valence-electron chi connectivity index (χ4n) is 3.74. The summed E-state index contributed by atoms with van der Waals surface area (Å²) in [6.07, 6.45) is 5.82. The van der Waals surface area contributed by atoms with Gasteiger partial charge >= 0.3 is 0 Å². The molecule has 156 valence electrons. The highest BCUT2D eigenvalue weighted by atomic mass is 127. The lowest BCUT2D eigenvalue weighted by Gasteiger charge is -2.29. The van der Waals surface area contributed by atoms with Crippen molar-refractivity contribution in [2.75, 3.05) is 31.1 Å². The number of rotatable bonds is 6. The molecule has 0 saturated heterocycles. The van der Waals surface area contributed by atoms with E-state index in [-0.39, 0.29) is 36.5 Å². The summed E-state index contributed by atoms with van der Waals surface area (Å²) < 4.78 is 5.50. The number of guanidine groups is 1. The van der Waals surface area contributed by atoms with Crippen LogP contribution < -0.4 is 20.3 Å². The lowest BCUT2D eigenvalue weighted by Crippen LogP contribution is -2.45. The third kappa shape index (κ3) is 6.25. The number of anilines is 1. The van der Waals surface area contributed by atoms with E-state index in [1.54, 1.807) is 0 Å². The van der Waals surface area contributed by atoms with Crippen LogP contribution in [0.3, 0.4) is 0 Å². The highest BCUT2D eigenvalue weighted by Crippen LogP contribution is 2.31. The van der Waals surface area contributed by atoms with Crippen LogP contribution in [0.5, 0.6) is 5.75 Å². The van der Waals surface area contributed by atoms with E-state index in [4.69, 9.17) is 9.73 Å². The van der Waals surface area contributed by atoms with Gasteiger partial charge in [0.05, 0.1) is 5.69 Å². The molecule has 0 atom stereocenters. The minimum absolute atomic E-state index is 0. The molecule has 0 unspecified atom stereocenters. The second kappa shape index (κ2) is 11.5. The summed E-state index contributed by atoms with van der Waals surface area (Å²) in [5.41, 5.74) is 0.860. The van der Waals surface area contributed by atoms with Gasteiger partial charge < -0.3 is 20.3 Å². The largest absolute Gasteiger partial charge is 0.482 e. The van der Waals surface area contributed by atoms with Crippen molar-refractivity contribution in [3.05, 3.63) is 24.3 Å². The molecule has 1 heterocycles. The zero-order chi connectivity index (χ0) is 19.1. The van der Waals surface area contributed by atoms with Gasteiger partial charge in [-0.3, -0.25) is 9.79 Å². The second-order valence-corrected chi connectivity index (χ2v) is 7.52. The summed E-state index contributed by atoms with van der Waals surface area (Å²) >= 11 is 0. The van der Waals surface area contributed by atoms with Gasteiger partial charge in [-0.15, -0.1) is 24.0 Å². The van der Waals surface area contributed by atoms with E-state index >= 15 is 0 Å². The maximum Gasteiger partial charge on any atom is 0.265 e. The predicted molar refractivity (Wildman–Crippen MR) is 125 cm³/mol. The van der Waals surface area contributed by atoms with Crippen LogP contribution in [-0.4, -0.2) is 44.1 Å². The molecule has 0 radical (unpaired) electrons. The Hall–Kier alpha value is -1.51. The van der Waals surface area contributed by atoms with Crippen molar-refractivity contribution in [3.8, 4) is 5.75 Å². The van der Waals surface area contributed by atoms with Gasteiger partial charge in [0.2, 0.25) is 0 Å². The molecule has 3 rings (SSSR count). The molecule has 0 bridgehead atoms. The number of aliphatic imine (C=N–C) groups is 1. The second-order valence-electron chi connectivity index (χ2n) is 7.52. The molecule has 1 aromatic carbocycles. The van der Waals surface area contributed by atoms with Gasteiger partial charge in [-0.25, -0.2) is 0 Å². The summed E-state index contributed by atoms with van der Waals surface area (Å²) in [5, 5.41) is 6.92. The van der Waals surface area contributed by atoms with E-state index < -0.39 is 0 Å². The number of fused-ring (bicyclic) bond motifs is 1. The summed E-state index contributed by atoms with van der Waals surface area (Å²) in [6.45, 7) is 6.73. The molecule has 1 aliphatic carbocycles. The molecule has 1 saturated carbocycles. The van der Waals surface area contributed by atoms with Crippen molar-refractivity contribution in [3.63, 3.8) is 0 Å². The number of nitrogens with zero attached hydrogens (tertiary/aromatic N) is 2. The van der Waals surface area contributed by atoms with Crippen LogP contribution in [0.15, 0.2) is 29.3 Å². The first kappa shape index (κ1) is 22.8. The Morgan fingerprint density at radius 1 is 1.25 bits per heavy atom. The van der Waals surface area contributed by atoms with Gasteiger partial charge in [0.25, 0.3) is 5.91 Å². The molecule has 0 spiro atoms. The number of halogens is 1. The van der Waals surface area contributed by atoms with Gasteiger partial charge in [-0.1, -0.05) is 19.1 Å². The number of nitrogens with one attached hydrogen (secondary N) is 2. The van der Waals surface area contributed by atoms with E-state index in [1.165, 1.54) is 25.7 Å². The van der Waals surface area contributed by atoms with Crippen molar-refractivity contribution in [2.24, 2.45) is 10.9 Å². The van der Waals surface area contributed by atoms with E-state index in [9.17, 15) is 4.79 Å². The van der Waals surface area contributed by atoms with E-state index in [2.05, 4.69) is 24.5 Å². The highest BCUT2D eigenvalue weighted by molar-refractivity contribution is 14.0. The molecule has 7 heteroatoms. The van der Waals surface area contributed by atoms with Gasteiger partial charge in [0.15, 0.2) is 12.6 Å². The zero-order valence-corrected chi connectivity index (χ0v) is 19.3. The lowest BCUT2D eigenvalue weighted by molar-refractivity contribution is -0.121. The summed E-state index contributed by atoms with van der Waals surface area (Å²) in [5.74, 6) is 2.53. The predicted octanol–water partition coefficient (Wildman–Crippen LogP) is 3.55. The fourth-order valence-corrected chi connectivity index (χ4v) is 3.74. The minimum Gasteiger partial charge on any atom is -0.482 e. The normalized spacial score (nSPS) is 22.0. The average Bonchev–Trinajstić information content (AvgIpc) is 2.68. The number of carbonyl (C=O) groups excluding carboxylic acids is 1. The number of para-hydroxylation sites is 2. The molecule has 6 nitrogen and oxygen atoms in total. The number of hydrogen-bond acceptors (Lipinski definition) is 3. The third-order valence-corrected chi connectivity index (χ3v) is 5.32. The fraction of sp³-hybridized carbons (Fsp3) is 0.619. The molecule has 0 aromatic heterocycles. The number of ether oxygens (including phenoxy) is 1. The number of benzene rings is 1. The monoisotopic (exact) mass is 500 g/mol. The SMILES string of the molecule is CCNC(=NCCCN1C(=O)COc2ccccc21)NC1CCC(C)CC1.I. The smallest absolute Gasteiger partial charge is 0.265 e. The van der Waals surface area contributed by atoms with Crippen molar-refractivity contribution in [1.82, 2.24) is 10.6 Å². The molecule has 1 amide bonds. The lowest BCUT2D eigenvalue weighted by atomic mass is 9.87. The van der Waals surface area contributed by atoms with Gasteiger partial charge in [0.1, 0.15) is 5.75 Å². The maximum absolute atomic E-state index is 12.2. The quantitative estimate of drug-likeness (QED) is 0.272. The summed E-state index contributed by atoms with van der Waals surface area (Å²) in [6, 6.07) is 8.23. The number of carbonyl (C=O) groups is 1. The van der Waals surface area contributed by atoms with Crippen LogP contribution in [0.2, 0.25) is 0 Å². The first-order valence-corrected chi connectivity index (χ1v) is 10.2. The van der Waals surface area contributed by atoms with Crippen LogP contribution in [-0.2, 0) is 4.79 Å². The molecule has 2 N–H and O–H groups in total. The van der Waals surface area contributed by atoms with Crippen LogP contribution >= 0.6 is 24.0 Å². The molecular weight excluding hydrogens is 467 g/mol. The Kier molecular flexibility index (Phi) is 9.34. The van der Waals surface area contributed by atoms with Crippen LogP contribution in [0.4, 0.5) is 5.69 Å². The molecule has 1 aromatic rings. The standard InChI is InChI=1S/C21H32N4O2.HI/c1-3-22-21(24-17-11-9-16(2)10-12-17)23-13-6-14-25-18-7-4-5-8-19(18)27-15-20(25)26;/h4-5,7-8,16-17H,3,6,9-15H2,1-2H3,(H2,22,23,24);1H. The first-order valence-electron chi connectivity index (χ1n) is 10.2. The Morgan fingerprint density at radius 2 is 2.00 bits per heavy atom. The van der Waals surface area contributed by atoms with Gasteiger partial charge in [-0.05, 0) is 57.1 Å². The Balaban J connectivity index is 0.00000280. The first-order chi connectivity index (χ1) is 13.2. The molecule has 1 fully saturated rings. The number of amides is 1. The topological polar surface area (TPSA) is 66.0 Å². The zero-order valence-electron chi connectivity index (χ0n) is 16.9. The highest BCUT2D eigenvalue weighted by Gasteiger charge is 2.24. The Labute approximate surface area is 185 Å². The Morgan fingerprint density at radius 3 is 2.75 bits per heavy atom. The summed E-state index contributed by atoms with van der Waals surface area (Å²) in [4.78, 5) is 18.8. The van der Waals surface area contributed by atoms with Crippen LogP contribution in [0.1, 0.15) is 46.0 Å². The van der Waals surface area contributed by atoms with E-state index in [0.717, 1.165) is 36.3 Å². The van der Waals surface area contributed by atoms with Crippen LogP contribution in [0.25, 0.3) is 0 Å². The summed E-state index contributed by atoms with van der Waals surface area (Å²) in [7, 11) is 0. The van der Waals surface area contributed by atoms with Crippen molar-refractivity contribution < 1.29 is 9.53 Å². The van der Waals surface area contributed by atoms with E-state index in [1.807, 2.05) is 29.2 Å². The van der Waals surface area contributed by atoms with E-state index in [0.29, 0.717) is 19.1 Å². The Bertz CT molecular complexity index is 660. The van der Waals surface area contributed by atoms with Gasteiger partial charge in [0, 0.05) is 25.7 Å². The molecule has 2 aliphatic rings. The van der Waals surface area contributed by atoms with Crippen LogP contribution in [0, 0.1) is 5.92 Å². The minimum atomic E-state index is 0. The van der Waals surface area contributed by atoms with Gasteiger partial charge in [-0.2, -0.15) is 0 Å². The van der Waals surface area contributed by atoms with Crippen molar-refractivity contribution >= 4 is 41.5 Å². The molecular formula is C21H33IN4O2. The maximum atomic E-state index is 12.2. The number of hydrogen-bond donors (Lipinski definition) is 2. The average molecular weight is 500 g/mol. The molecule has 1 aliphatic heterocycles. The molecule has 28 heavy (non-hydrogen) atoms. The van der Waals surface area contributed by atoms with Crippen molar-refractivity contribution in [1.29, 1.82) is 0 Å². The van der Waals surface area contributed by atoms with Crippen molar-refractivity contribution in [2.45, 2.75) is 52.0 Å². The third-order valence-electron chi connectivity index (χ3n) is 5.32.